The Labute approximate surface area is 135 Å². The molecule has 1 aliphatic rings. The molecule has 3 rings (SSSR count). The molecular weight excluding hydrogens is 328 g/mol. The monoisotopic (exact) mass is 335 g/mol. The number of hydrogen-bond donors (Lipinski definition) is 0. The van der Waals surface area contributed by atoms with E-state index in [4.69, 9.17) is 27.9 Å². The van der Waals surface area contributed by atoms with Gasteiger partial charge >= 0.3 is 5.97 Å². The van der Waals surface area contributed by atoms with Gasteiger partial charge in [0.05, 0.1) is 15.6 Å². The summed E-state index contributed by atoms with van der Waals surface area (Å²) in [5.74, 6) is -0.868. The Morgan fingerprint density at radius 1 is 1.09 bits per heavy atom. The summed E-state index contributed by atoms with van der Waals surface area (Å²) in [7, 11) is 0. The maximum Gasteiger partial charge on any atom is 0.363 e. The quantitative estimate of drug-likeness (QED) is 0.599. The Morgan fingerprint density at radius 2 is 1.82 bits per heavy atom. The Hall–Kier alpha value is -2.17. The molecule has 6 heteroatoms. The molecular formula is C16H8Cl2FNO2. The fourth-order valence-corrected chi connectivity index (χ4v) is 2.29. The summed E-state index contributed by atoms with van der Waals surface area (Å²) in [5.41, 5.74) is 1.18. The number of halogens is 3. The lowest BCUT2D eigenvalue weighted by Gasteiger charge is -2.03. The second kappa shape index (κ2) is 5.91. The molecule has 0 spiro atoms. The molecule has 0 saturated carbocycles. The lowest BCUT2D eigenvalue weighted by molar-refractivity contribution is -0.129. The SMILES string of the molecule is O=C1OC(c2cccc(Cl)c2Cl)=N/C1=C\c1ccc(F)cc1. The van der Waals surface area contributed by atoms with Gasteiger partial charge in [0.25, 0.3) is 0 Å². The summed E-state index contributed by atoms with van der Waals surface area (Å²) in [5, 5.41) is 0.604. The van der Waals surface area contributed by atoms with Crippen LogP contribution >= 0.6 is 23.2 Å². The van der Waals surface area contributed by atoms with Crippen LogP contribution in [0.2, 0.25) is 10.0 Å². The normalized spacial score (nSPS) is 15.9. The summed E-state index contributed by atoms with van der Waals surface area (Å²) in [6.07, 6.45) is 1.51. The maximum absolute atomic E-state index is 12.9. The van der Waals surface area contributed by atoms with Crippen LogP contribution < -0.4 is 0 Å². The highest BCUT2D eigenvalue weighted by atomic mass is 35.5. The summed E-state index contributed by atoms with van der Waals surface area (Å²) in [4.78, 5) is 16.0. The number of hydrogen-bond acceptors (Lipinski definition) is 3. The lowest BCUT2D eigenvalue weighted by Crippen LogP contribution is -2.06. The fourth-order valence-electron chi connectivity index (χ4n) is 1.91. The highest BCUT2D eigenvalue weighted by molar-refractivity contribution is 6.44. The van der Waals surface area contributed by atoms with E-state index >= 15 is 0 Å². The Morgan fingerprint density at radius 3 is 2.55 bits per heavy atom. The Bertz CT molecular complexity index is 813. The summed E-state index contributed by atoms with van der Waals surface area (Å²) >= 11 is 12.0. The maximum atomic E-state index is 12.9. The van der Waals surface area contributed by atoms with E-state index in [-0.39, 0.29) is 22.4 Å². The first-order valence-electron chi connectivity index (χ1n) is 6.27. The van der Waals surface area contributed by atoms with Crippen molar-refractivity contribution in [2.24, 2.45) is 4.99 Å². The van der Waals surface area contributed by atoms with Crippen molar-refractivity contribution in [3.63, 3.8) is 0 Å². The topological polar surface area (TPSA) is 38.7 Å². The van der Waals surface area contributed by atoms with Crippen LogP contribution in [0.4, 0.5) is 4.39 Å². The minimum absolute atomic E-state index is 0.0888. The van der Waals surface area contributed by atoms with E-state index in [1.165, 1.54) is 30.3 Å². The molecule has 0 aromatic heterocycles. The molecule has 0 aliphatic carbocycles. The van der Waals surface area contributed by atoms with Gasteiger partial charge in [0.15, 0.2) is 5.70 Å². The van der Waals surface area contributed by atoms with Gasteiger partial charge < -0.3 is 4.74 Å². The first-order valence-corrected chi connectivity index (χ1v) is 7.03. The Balaban J connectivity index is 1.98. The number of rotatable bonds is 2. The molecule has 0 saturated heterocycles. The zero-order chi connectivity index (χ0) is 15.7. The minimum Gasteiger partial charge on any atom is -0.402 e. The number of nitrogens with zero attached hydrogens (tertiary/aromatic N) is 1. The highest BCUT2D eigenvalue weighted by Gasteiger charge is 2.26. The largest absolute Gasteiger partial charge is 0.402 e. The molecule has 0 fully saturated rings. The molecule has 0 bridgehead atoms. The standard InChI is InChI=1S/C16H8Cl2FNO2/c17-12-3-1-2-11(14(12)18)15-20-13(16(21)22-15)8-9-4-6-10(19)7-5-9/h1-8H/b13-8-. The van der Waals surface area contributed by atoms with E-state index in [1.54, 1.807) is 18.2 Å². The minimum atomic E-state index is -0.602. The third-order valence-corrected chi connectivity index (χ3v) is 3.79. The van der Waals surface area contributed by atoms with Gasteiger partial charge in [0.1, 0.15) is 5.82 Å². The molecule has 1 aliphatic heterocycles. The number of carbonyl (C=O) groups excluding carboxylic acids is 1. The zero-order valence-corrected chi connectivity index (χ0v) is 12.5. The van der Waals surface area contributed by atoms with E-state index in [2.05, 4.69) is 4.99 Å². The lowest BCUT2D eigenvalue weighted by atomic mass is 10.2. The van der Waals surface area contributed by atoms with E-state index < -0.39 is 5.97 Å². The summed E-state index contributed by atoms with van der Waals surface area (Å²) < 4.78 is 18.0. The van der Waals surface area contributed by atoms with Gasteiger partial charge in [-0.05, 0) is 35.9 Å². The van der Waals surface area contributed by atoms with Crippen LogP contribution in [0.5, 0.6) is 0 Å². The second-order valence-electron chi connectivity index (χ2n) is 4.49. The number of ether oxygens (including phenoxy) is 1. The van der Waals surface area contributed by atoms with Crippen LogP contribution in [0.1, 0.15) is 11.1 Å². The van der Waals surface area contributed by atoms with Crippen molar-refractivity contribution in [3.8, 4) is 0 Å². The van der Waals surface area contributed by atoms with Crippen molar-refractivity contribution in [1.82, 2.24) is 0 Å². The fraction of sp³-hybridized carbons (Fsp3) is 0. The number of cyclic esters (lactones) is 1. The second-order valence-corrected chi connectivity index (χ2v) is 5.27. The van der Waals surface area contributed by atoms with Gasteiger partial charge in [-0.2, -0.15) is 0 Å². The molecule has 22 heavy (non-hydrogen) atoms. The Kier molecular flexibility index (Phi) is 3.96. The van der Waals surface area contributed by atoms with Gasteiger partial charge in [-0.1, -0.05) is 41.4 Å². The number of benzene rings is 2. The number of carbonyl (C=O) groups is 1. The average molecular weight is 336 g/mol. The predicted octanol–water partition coefficient (Wildman–Crippen LogP) is 4.48. The van der Waals surface area contributed by atoms with Crippen molar-refractivity contribution in [3.05, 3.63) is 75.2 Å². The molecule has 1 heterocycles. The summed E-state index contributed by atoms with van der Waals surface area (Å²) in [6.45, 7) is 0. The van der Waals surface area contributed by atoms with Gasteiger partial charge in [-0.15, -0.1) is 0 Å². The zero-order valence-electron chi connectivity index (χ0n) is 11.0. The van der Waals surface area contributed by atoms with Crippen LogP contribution in [0.15, 0.2) is 53.2 Å². The molecule has 110 valence electrons. The van der Waals surface area contributed by atoms with Crippen molar-refractivity contribution >= 4 is 41.1 Å². The third-order valence-electron chi connectivity index (χ3n) is 2.98. The van der Waals surface area contributed by atoms with Crippen LogP contribution in [0.3, 0.4) is 0 Å². The van der Waals surface area contributed by atoms with Gasteiger partial charge in [-0.3, -0.25) is 0 Å². The van der Waals surface area contributed by atoms with E-state index in [0.29, 0.717) is 16.1 Å². The number of aliphatic imine (C=N–C) groups is 1. The van der Waals surface area contributed by atoms with E-state index in [1.807, 2.05) is 0 Å². The molecule has 0 atom stereocenters. The molecule has 0 amide bonds. The molecule has 0 N–H and O–H groups in total. The van der Waals surface area contributed by atoms with Gasteiger partial charge in [0.2, 0.25) is 5.90 Å². The molecule has 0 radical (unpaired) electrons. The van der Waals surface area contributed by atoms with Gasteiger partial charge in [0, 0.05) is 0 Å². The summed E-state index contributed by atoms with van der Waals surface area (Å²) in [6, 6.07) is 10.6. The van der Waals surface area contributed by atoms with E-state index in [0.717, 1.165) is 0 Å². The average Bonchev–Trinajstić information content (AvgIpc) is 2.85. The predicted molar refractivity (Wildman–Crippen MR) is 83.5 cm³/mol. The van der Waals surface area contributed by atoms with Crippen LogP contribution in [0, 0.1) is 5.82 Å². The van der Waals surface area contributed by atoms with Crippen LogP contribution in [-0.2, 0) is 9.53 Å². The van der Waals surface area contributed by atoms with E-state index in [9.17, 15) is 9.18 Å². The van der Waals surface area contributed by atoms with Crippen LogP contribution in [0.25, 0.3) is 6.08 Å². The first kappa shape index (κ1) is 14.8. The molecule has 2 aromatic carbocycles. The van der Waals surface area contributed by atoms with Crippen molar-refractivity contribution in [1.29, 1.82) is 0 Å². The smallest absolute Gasteiger partial charge is 0.363 e. The van der Waals surface area contributed by atoms with Crippen molar-refractivity contribution in [2.75, 3.05) is 0 Å². The number of esters is 1. The highest BCUT2D eigenvalue weighted by Crippen LogP contribution is 2.29. The van der Waals surface area contributed by atoms with Crippen molar-refractivity contribution in [2.45, 2.75) is 0 Å². The third kappa shape index (κ3) is 2.89. The first-order chi connectivity index (χ1) is 10.5. The van der Waals surface area contributed by atoms with Gasteiger partial charge in [-0.25, -0.2) is 14.2 Å². The molecule has 2 aromatic rings. The molecule has 3 nitrogen and oxygen atoms in total. The van der Waals surface area contributed by atoms with Crippen LogP contribution in [-0.4, -0.2) is 11.9 Å². The van der Waals surface area contributed by atoms with Crippen molar-refractivity contribution < 1.29 is 13.9 Å². The molecule has 0 unspecified atom stereocenters.